The van der Waals surface area contributed by atoms with Gasteiger partial charge in [-0.05, 0) is 71.1 Å². The zero-order valence-corrected chi connectivity index (χ0v) is 23.3. The molecule has 7 nitrogen and oxygen atoms in total. The number of anilines is 1. The first kappa shape index (κ1) is 25.0. The van der Waals surface area contributed by atoms with Gasteiger partial charge < -0.3 is 9.84 Å². The first-order valence-electron chi connectivity index (χ1n) is 12.1. The summed E-state index contributed by atoms with van der Waals surface area (Å²) >= 11 is 6.61. The Labute approximate surface area is 235 Å². The fraction of sp³-hybridized carbons (Fsp3) is 0.241. The van der Waals surface area contributed by atoms with E-state index in [1.807, 2.05) is 6.08 Å². The molecule has 0 saturated carbocycles. The Morgan fingerprint density at radius 1 is 0.974 bits per heavy atom. The van der Waals surface area contributed by atoms with Crippen molar-refractivity contribution in [3.63, 3.8) is 0 Å². The van der Waals surface area contributed by atoms with Crippen LogP contribution in [0.5, 0.6) is 11.5 Å². The van der Waals surface area contributed by atoms with Crippen LogP contribution in [0.1, 0.15) is 24.3 Å². The third-order valence-corrected chi connectivity index (χ3v) is 9.09. The molecule has 0 bridgehead atoms. The van der Waals surface area contributed by atoms with Crippen molar-refractivity contribution >= 4 is 60.9 Å². The van der Waals surface area contributed by atoms with Crippen molar-refractivity contribution in [1.29, 1.82) is 0 Å². The number of carbonyl (C=O) groups is 4. The molecule has 6 rings (SSSR count). The van der Waals surface area contributed by atoms with Gasteiger partial charge in [0.05, 0.1) is 29.1 Å². The second-order valence-corrected chi connectivity index (χ2v) is 11.5. The molecule has 38 heavy (non-hydrogen) atoms. The number of phenolic OH excluding ortho intramolecular Hbond substituents is 1. The van der Waals surface area contributed by atoms with Crippen LogP contribution >= 0.6 is 31.9 Å². The molecule has 2 aromatic rings. The molecule has 192 valence electrons. The maximum atomic E-state index is 13.9. The number of hydrogen-bond donors (Lipinski definition) is 1. The SMILES string of the molecule is COc1cccc(O)c1C1C2=CCC3C(=O)N(c4ccc(Br)cc4)C(=O)C3C2CC2=C1C(=O)C=C(Br)C2=O. The van der Waals surface area contributed by atoms with E-state index in [2.05, 4.69) is 31.9 Å². The lowest BCUT2D eigenvalue weighted by Gasteiger charge is -2.42. The van der Waals surface area contributed by atoms with E-state index in [1.165, 1.54) is 24.2 Å². The molecular formula is C29H21Br2NO6. The molecule has 0 spiro atoms. The number of amides is 2. The van der Waals surface area contributed by atoms with Crippen molar-refractivity contribution < 1.29 is 29.0 Å². The highest BCUT2D eigenvalue weighted by molar-refractivity contribution is 9.12. The largest absolute Gasteiger partial charge is 0.507 e. The number of carbonyl (C=O) groups excluding carboxylic acids is 4. The summed E-state index contributed by atoms with van der Waals surface area (Å²) in [6.45, 7) is 0. The van der Waals surface area contributed by atoms with Gasteiger partial charge >= 0.3 is 0 Å². The Bertz CT molecular complexity index is 1540. The molecule has 1 N–H and O–H groups in total. The van der Waals surface area contributed by atoms with Gasteiger partial charge in [-0.25, -0.2) is 0 Å². The standard InChI is InChI=1S/C29H21Br2NO6/c1-38-22-4-2-3-20(33)26(22)25-15-9-10-16-23(17(15)11-18-24(25)21(34)12-19(31)27(18)35)29(37)32(28(16)36)14-7-5-13(30)6-8-14/h2-9,12,16-17,23,25,33H,10-11H2,1H3. The smallest absolute Gasteiger partial charge is 0.238 e. The third kappa shape index (κ3) is 3.59. The number of aromatic hydroxyl groups is 1. The Hall–Kier alpha value is -3.30. The molecule has 1 heterocycles. The number of rotatable bonds is 3. The zero-order chi connectivity index (χ0) is 26.9. The second kappa shape index (κ2) is 9.17. The van der Waals surface area contributed by atoms with Gasteiger partial charge in [0.25, 0.3) is 0 Å². The summed E-state index contributed by atoms with van der Waals surface area (Å²) in [7, 11) is 1.47. The third-order valence-electron chi connectivity index (χ3n) is 7.97. The van der Waals surface area contributed by atoms with Crippen LogP contribution < -0.4 is 9.64 Å². The second-order valence-electron chi connectivity index (χ2n) is 9.77. The molecule has 9 heteroatoms. The number of hydrogen-bond acceptors (Lipinski definition) is 6. The van der Waals surface area contributed by atoms with Crippen molar-refractivity contribution in [2.24, 2.45) is 17.8 Å². The van der Waals surface area contributed by atoms with Crippen molar-refractivity contribution in [3.8, 4) is 11.5 Å². The number of phenols is 1. The molecule has 1 aliphatic heterocycles. The summed E-state index contributed by atoms with van der Waals surface area (Å²) in [6, 6.07) is 11.8. The topological polar surface area (TPSA) is 101 Å². The summed E-state index contributed by atoms with van der Waals surface area (Å²) in [5, 5.41) is 11.0. The lowest BCUT2D eigenvalue weighted by atomic mass is 9.59. The van der Waals surface area contributed by atoms with Crippen molar-refractivity contribution in [1.82, 2.24) is 0 Å². The molecular weight excluding hydrogens is 618 g/mol. The van der Waals surface area contributed by atoms with E-state index in [4.69, 9.17) is 4.74 Å². The van der Waals surface area contributed by atoms with Crippen LogP contribution in [0.15, 0.2) is 80.3 Å². The molecule has 0 radical (unpaired) electrons. The van der Waals surface area contributed by atoms with Crippen molar-refractivity contribution in [2.45, 2.75) is 18.8 Å². The molecule has 0 aromatic heterocycles. The minimum Gasteiger partial charge on any atom is -0.507 e. The Morgan fingerprint density at radius 3 is 2.42 bits per heavy atom. The van der Waals surface area contributed by atoms with E-state index in [0.717, 1.165) is 10.0 Å². The molecule has 3 aliphatic carbocycles. The Morgan fingerprint density at radius 2 is 1.71 bits per heavy atom. The summed E-state index contributed by atoms with van der Waals surface area (Å²) in [6.07, 6.45) is 3.63. The fourth-order valence-electron chi connectivity index (χ4n) is 6.38. The quantitative estimate of drug-likeness (QED) is 0.284. The number of nitrogens with zero attached hydrogens (tertiary/aromatic N) is 1. The van der Waals surface area contributed by atoms with Gasteiger partial charge in [-0.15, -0.1) is 0 Å². The van der Waals surface area contributed by atoms with Gasteiger partial charge in [-0.1, -0.05) is 33.6 Å². The molecule has 4 unspecified atom stereocenters. The zero-order valence-electron chi connectivity index (χ0n) is 20.1. The maximum absolute atomic E-state index is 13.9. The summed E-state index contributed by atoms with van der Waals surface area (Å²) in [5.41, 5.74) is 2.18. The number of halogens is 2. The Kier molecular flexibility index (Phi) is 6.03. The number of ketones is 2. The highest BCUT2D eigenvalue weighted by atomic mass is 79.9. The lowest BCUT2D eigenvalue weighted by Crippen LogP contribution is -2.39. The number of allylic oxidation sites excluding steroid dienone is 6. The lowest BCUT2D eigenvalue weighted by molar-refractivity contribution is -0.123. The number of methoxy groups -OCH3 is 1. The summed E-state index contributed by atoms with van der Waals surface area (Å²) < 4.78 is 6.54. The van der Waals surface area contributed by atoms with Gasteiger partial charge in [0, 0.05) is 33.2 Å². The summed E-state index contributed by atoms with van der Waals surface area (Å²) in [5.74, 6) is -3.57. The number of Topliss-reactive ketones (excluding diaryl/α,β-unsaturated/α-hetero) is 1. The van der Waals surface area contributed by atoms with Crippen LogP contribution in [0.25, 0.3) is 0 Å². The van der Waals surface area contributed by atoms with Crippen LogP contribution in [-0.4, -0.2) is 35.6 Å². The van der Waals surface area contributed by atoms with E-state index >= 15 is 0 Å². The van der Waals surface area contributed by atoms with Crippen molar-refractivity contribution in [3.05, 3.63) is 85.9 Å². The van der Waals surface area contributed by atoms with E-state index in [9.17, 15) is 24.3 Å². The van der Waals surface area contributed by atoms with Crippen LogP contribution in [-0.2, 0) is 19.2 Å². The fourth-order valence-corrected chi connectivity index (χ4v) is 7.09. The first-order valence-corrected chi connectivity index (χ1v) is 13.7. The maximum Gasteiger partial charge on any atom is 0.238 e. The molecule has 2 aromatic carbocycles. The van der Waals surface area contributed by atoms with Gasteiger partial charge in [0.2, 0.25) is 11.8 Å². The number of fused-ring (bicyclic) bond motifs is 3. The van der Waals surface area contributed by atoms with Gasteiger partial charge in [-0.2, -0.15) is 0 Å². The number of benzene rings is 2. The minimum atomic E-state index is -0.793. The van der Waals surface area contributed by atoms with Crippen LogP contribution in [0.3, 0.4) is 0 Å². The van der Waals surface area contributed by atoms with E-state index < -0.39 is 23.7 Å². The minimum absolute atomic E-state index is 0.0796. The van der Waals surface area contributed by atoms with Gasteiger partial charge in [0.1, 0.15) is 11.5 Å². The van der Waals surface area contributed by atoms with Gasteiger partial charge in [-0.3, -0.25) is 24.1 Å². The number of ether oxygens (including phenoxy) is 1. The molecule has 4 aliphatic rings. The van der Waals surface area contributed by atoms with Crippen LogP contribution in [0, 0.1) is 17.8 Å². The Balaban J connectivity index is 1.52. The molecule has 1 saturated heterocycles. The van der Waals surface area contributed by atoms with Crippen LogP contribution in [0.4, 0.5) is 5.69 Å². The number of imide groups is 1. The highest BCUT2D eigenvalue weighted by Crippen LogP contribution is 2.57. The van der Waals surface area contributed by atoms with Crippen molar-refractivity contribution in [2.75, 3.05) is 12.0 Å². The normalized spacial score (nSPS) is 26.6. The molecule has 2 amide bonds. The average Bonchev–Trinajstić information content (AvgIpc) is 3.16. The summed E-state index contributed by atoms with van der Waals surface area (Å²) in [4.78, 5) is 55.4. The predicted molar refractivity (Wildman–Crippen MR) is 146 cm³/mol. The monoisotopic (exact) mass is 637 g/mol. The van der Waals surface area contributed by atoms with E-state index in [-0.39, 0.29) is 45.6 Å². The predicted octanol–water partition coefficient (Wildman–Crippen LogP) is 5.13. The first-order chi connectivity index (χ1) is 18.2. The highest BCUT2D eigenvalue weighted by Gasteiger charge is 2.57. The molecule has 1 fully saturated rings. The van der Waals surface area contributed by atoms with Gasteiger partial charge in [0.15, 0.2) is 11.6 Å². The van der Waals surface area contributed by atoms with E-state index in [0.29, 0.717) is 29.0 Å². The molecule has 4 atom stereocenters. The average molecular weight is 639 g/mol. The van der Waals surface area contributed by atoms with E-state index in [1.54, 1.807) is 36.4 Å². The van der Waals surface area contributed by atoms with Crippen LogP contribution in [0.2, 0.25) is 0 Å².